The average Bonchev–Trinajstić information content (AvgIpc) is 2.83. The van der Waals surface area contributed by atoms with E-state index in [9.17, 15) is 14.7 Å². The zero-order chi connectivity index (χ0) is 17.6. The van der Waals surface area contributed by atoms with E-state index in [1.807, 2.05) is 30.3 Å². The second-order valence-electron chi connectivity index (χ2n) is 6.40. The van der Waals surface area contributed by atoms with Crippen LogP contribution in [0.4, 0.5) is 5.69 Å². The monoisotopic (exact) mass is 331 g/mol. The fourth-order valence-electron chi connectivity index (χ4n) is 3.49. The van der Waals surface area contributed by atoms with Crippen molar-refractivity contribution in [1.82, 2.24) is 0 Å². The summed E-state index contributed by atoms with van der Waals surface area (Å²) in [6.45, 7) is 0. The molecule has 3 aromatic carbocycles. The van der Waals surface area contributed by atoms with Gasteiger partial charge in [0.2, 0.25) is 0 Å². The molecule has 1 heterocycles. The molecule has 0 saturated carbocycles. The number of hydrogen-bond donors (Lipinski definition) is 1. The zero-order valence-electron chi connectivity index (χ0n) is 13.8. The number of hydrogen-bond acceptors (Lipinski definition) is 3. The topological polar surface area (TPSA) is 57.6 Å². The highest BCUT2D eigenvalue weighted by molar-refractivity contribution is 6.11. The van der Waals surface area contributed by atoms with E-state index < -0.39 is 11.5 Å². The van der Waals surface area contributed by atoms with Gasteiger partial charge in [0.1, 0.15) is 0 Å². The van der Waals surface area contributed by atoms with Crippen LogP contribution in [0.3, 0.4) is 0 Å². The number of fused-ring (bicyclic) bond motifs is 2. The van der Waals surface area contributed by atoms with Crippen molar-refractivity contribution in [2.45, 2.75) is 12.0 Å². The number of amides is 1. The van der Waals surface area contributed by atoms with Crippen LogP contribution in [0.1, 0.15) is 22.3 Å². The SMILES string of the molecule is CN1C(=O)C(O)(CC(=O)c2ccc3ccccc3c2)c2ccccc21. The Balaban J connectivity index is 1.71. The van der Waals surface area contributed by atoms with Gasteiger partial charge in [0.05, 0.1) is 12.1 Å². The summed E-state index contributed by atoms with van der Waals surface area (Å²) in [4.78, 5) is 26.8. The molecule has 0 aromatic heterocycles. The number of benzene rings is 3. The van der Waals surface area contributed by atoms with Crippen LogP contribution in [0.15, 0.2) is 66.7 Å². The normalized spacial score (nSPS) is 19.3. The molecule has 124 valence electrons. The number of aliphatic hydroxyl groups is 1. The summed E-state index contributed by atoms with van der Waals surface area (Å²) in [6.07, 6.45) is -0.272. The van der Waals surface area contributed by atoms with Gasteiger partial charge in [0.15, 0.2) is 11.4 Å². The van der Waals surface area contributed by atoms with E-state index >= 15 is 0 Å². The molecule has 1 aliphatic rings. The largest absolute Gasteiger partial charge is 0.375 e. The highest BCUT2D eigenvalue weighted by atomic mass is 16.3. The zero-order valence-corrected chi connectivity index (χ0v) is 13.8. The number of carbonyl (C=O) groups excluding carboxylic acids is 2. The van der Waals surface area contributed by atoms with E-state index in [0.717, 1.165) is 10.8 Å². The maximum atomic E-state index is 12.8. The minimum atomic E-state index is -1.81. The van der Waals surface area contributed by atoms with Crippen LogP contribution in [0, 0.1) is 0 Å². The van der Waals surface area contributed by atoms with Gasteiger partial charge in [-0.05, 0) is 22.9 Å². The maximum absolute atomic E-state index is 12.8. The Labute approximate surface area is 145 Å². The number of nitrogens with zero attached hydrogens (tertiary/aromatic N) is 1. The Morgan fingerprint density at radius 3 is 2.48 bits per heavy atom. The Hall–Kier alpha value is -2.98. The molecule has 4 heteroatoms. The summed E-state index contributed by atoms with van der Waals surface area (Å²) in [5.41, 5.74) is -0.196. The first kappa shape index (κ1) is 15.5. The predicted octanol–water partition coefficient (Wildman–Crippen LogP) is 3.28. The van der Waals surface area contributed by atoms with Gasteiger partial charge in [-0.1, -0.05) is 54.6 Å². The van der Waals surface area contributed by atoms with Crippen molar-refractivity contribution in [3.05, 3.63) is 77.9 Å². The molecule has 0 fully saturated rings. The predicted molar refractivity (Wildman–Crippen MR) is 96.6 cm³/mol. The number of rotatable bonds is 3. The molecular weight excluding hydrogens is 314 g/mol. The lowest BCUT2D eigenvalue weighted by molar-refractivity contribution is -0.135. The van der Waals surface area contributed by atoms with Crippen molar-refractivity contribution in [1.29, 1.82) is 0 Å². The minimum Gasteiger partial charge on any atom is -0.375 e. The van der Waals surface area contributed by atoms with Crippen molar-refractivity contribution in [2.24, 2.45) is 0 Å². The van der Waals surface area contributed by atoms with E-state index in [0.29, 0.717) is 16.8 Å². The number of Topliss-reactive ketones (excluding diaryl/α,β-unsaturated/α-hetero) is 1. The van der Waals surface area contributed by atoms with E-state index in [1.165, 1.54) is 4.90 Å². The number of anilines is 1. The Morgan fingerprint density at radius 1 is 1.00 bits per heavy atom. The molecule has 0 saturated heterocycles. The highest BCUT2D eigenvalue weighted by Gasteiger charge is 2.49. The van der Waals surface area contributed by atoms with Crippen LogP contribution in [0.2, 0.25) is 0 Å². The third-order valence-corrected chi connectivity index (χ3v) is 4.86. The second kappa shape index (κ2) is 5.53. The van der Waals surface area contributed by atoms with Crippen molar-refractivity contribution in [3.8, 4) is 0 Å². The number of ketones is 1. The summed E-state index contributed by atoms with van der Waals surface area (Å²) in [7, 11) is 1.61. The third kappa shape index (κ3) is 2.34. The molecule has 25 heavy (non-hydrogen) atoms. The Morgan fingerprint density at radius 2 is 1.68 bits per heavy atom. The Bertz CT molecular complexity index is 1010. The molecule has 4 rings (SSSR count). The van der Waals surface area contributed by atoms with Gasteiger partial charge in [0, 0.05) is 18.2 Å². The van der Waals surface area contributed by atoms with Crippen LogP contribution < -0.4 is 4.90 Å². The minimum absolute atomic E-state index is 0.258. The molecule has 1 N–H and O–H groups in total. The van der Waals surface area contributed by atoms with Gasteiger partial charge in [-0.15, -0.1) is 0 Å². The molecule has 0 aliphatic carbocycles. The second-order valence-corrected chi connectivity index (χ2v) is 6.40. The molecule has 0 radical (unpaired) electrons. The van der Waals surface area contributed by atoms with E-state index in [1.54, 1.807) is 43.4 Å². The quantitative estimate of drug-likeness (QED) is 0.749. The maximum Gasteiger partial charge on any atom is 0.263 e. The number of likely N-dealkylation sites (N-methyl/N-ethyl adjacent to an activating group) is 1. The Kier molecular flexibility index (Phi) is 3.44. The first-order valence-electron chi connectivity index (χ1n) is 8.13. The fourth-order valence-corrected chi connectivity index (χ4v) is 3.49. The number of para-hydroxylation sites is 1. The molecule has 0 bridgehead atoms. The van der Waals surface area contributed by atoms with Crippen molar-refractivity contribution >= 4 is 28.2 Å². The van der Waals surface area contributed by atoms with Crippen LogP contribution in [0.5, 0.6) is 0 Å². The lowest BCUT2D eigenvalue weighted by atomic mass is 9.88. The van der Waals surface area contributed by atoms with Crippen LogP contribution in [-0.4, -0.2) is 23.8 Å². The van der Waals surface area contributed by atoms with Crippen molar-refractivity contribution in [3.63, 3.8) is 0 Å². The van der Waals surface area contributed by atoms with E-state index in [-0.39, 0.29) is 12.2 Å². The lowest BCUT2D eigenvalue weighted by Crippen LogP contribution is -2.40. The summed E-state index contributed by atoms with van der Waals surface area (Å²) >= 11 is 0. The number of carbonyl (C=O) groups is 2. The molecular formula is C21H17NO3. The van der Waals surface area contributed by atoms with E-state index in [4.69, 9.17) is 0 Å². The molecule has 3 aromatic rings. The van der Waals surface area contributed by atoms with Crippen LogP contribution in [-0.2, 0) is 10.4 Å². The third-order valence-electron chi connectivity index (χ3n) is 4.86. The van der Waals surface area contributed by atoms with Crippen molar-refractivity contribution in [2.75, 3.05) is 11.9 Å². The smallest absolute Gasteiger partial charge is 0.263 e. The average molecular weight is 331 g/mol. The van der Waals surface area contributed by atoms with Crippen LogP contribution in [0.25, 0.3) is 10.8 Å². The van der Waals surface area contributed by atoms with Gasteiger partial charge < -0.3 is 10.0 Å². The molecule has 4 nitrogen and oxygen atoms in total. The molecule has 0 spiro atoms. The van der Waals surface area contributed by atoms with Gasteiger partial charge in [0.25, 0.3) is 5.91 Å². The van der Waals surface area contributed by atoms with E-state index in [2.05, 4.69) is 0 Å². The lowest BCUT2D eigenvalue weighted by Gasteiger charge is -2.21. The first-order valence-corrected chi connectivity index (χ1v) is 8.13. The van der Waals surface area contributed by atoms with Crippen LogP contribution >= 0.6 is 0 Å². The standard InChI is InChI=1S/C21H17NO3/c1-22-18-9-5-4-8-17(18)21(25,20(22)24)13-19(23)16-11-10-14-6-2-3-7-15(14)12-16/h2-12,25H,13H2,1H3. The van der Waals surface area contributed by atoms with Gasteiger partial charge >= 0.3 is 0 Å². The summed E-state index contributed by atoms with van der Waals surface area (Å²) in [6, 6.07) is 20.2. The fraction of sp³-hybridized carbons (Fsp3) is 0.143. The molecule has 1 aliphatic heterocycles. The molecule has 1 amide bonds. The summed E-state index contributed by atoms with van der Waals surface area (Å²) in [5.74, 6) is -0.727. The van der Waals surface area contributed by atoms with Crippen molar-refractivity contribution < 1.29 is 14.7 Å². The molecule has 1 atom stereocenters. The van der Waals surface area contributed by atoms with Gasteiger partial charge in [-0.3, -0.25) is 9.59 Å². The highest BCUT2D eigenvalue weighted by Crippen LogP contribution is 2.42. The molecule has 1 unspecified atom stereocenters. The summed E-state index contributed by atoms with van der Waals surface area (Å²) in [5, 5.41) is 13.0. The van der Waals surface area contributed by atoms with Gasteiger partial charge in [-0.2, -0.15) is 0 Å². The first-order chi connectivity index (χ1) is 12.0. The van der Waals surface area contributed by atoms with Gasteiger partial charge in [-0.25, -0.2) is 0 Å². The summed E-state index contributed by atoms with van der Waals surface area (Å²) < 4.78 is 0.